The first kappa shape index (κ1) is 8.57. The maximum Gasteiger partial charge on any atom is 0.151 e. The Hall–Kier alpha value is -1.02. The van der Waals surface area contributed by atoms with E-state index in [0.29, 0.717) is 34.3 Å². The Morgan fingerprint density at radius 1 is 1.62 bits per heavy atom. The van der Waals surface area contributed by atoms with Gasteiger partial charge in [-0.1, -0.05) is 23.8 Å². The molecule has 0 aliphatic heterocycles. The molecule has 0 bridgehead atoms. The zero-order valence-electron chi connectivity index (χ0n) is 6.90. The predicted octanol–water partition coefficient (Wildman–Crippen LogP) is 2.33. The highest BCUT2D eigenvalue weighted by Gasteiger charge is 2.40. The second-order valence-corrected chi connectivity index (χ2v) is 3.71. The van der Waals surface area contributed by atoms with Crippen LogP contribution in [0.15, 0.2) is 34.6 Å². The lowest BCUT2D eigenvalue weighted by molar-refractivity contribution is -0.104. The number of aliphatic hydroxyl groups is 1. The van der Waals surface area contributed by atoms with Gasteiger partial charge in [0.2, 0.25) is 0 Å². The molecule has 3 heteroatoms. The molecule has 0 amide bonds. The lowest BCUT2D eigenvalue weighted by Gasteiger charge is -2.02. The average molecular weight is 197 g/mol. The van der Waals surface area contributed by atoms with Gasteiger partial charge in [-0.2, -0.15) is 0 Å². The number of halogens is 1. The summed E-state index contributed by atoms with van der Waals surface area (Å²) in [7, 11) is 0. The molecule has 0 heterocycles. The van der Waals surface area contributed by atoms with Crippen molar-refractivity contribution < 1.29 is 9.90 Å². The standard InChI is InChI=1S/C10H9ClO2/c11-10-7(4-12)2-1-6-3-8(6)9(10)5-13/h1-2,4-6,8,13H,3H2/b9-5+. The molecule has 1 fully saturated rings. The maximum atomic E-state index is 10.6. The number of fused-ring (bicyclic) bond motifs is 1. The zero-order valence-corrected chi connectivity index (χ0v) is 7.66. The molecule has 1 N–H and O–H groups in total. The van der Waals surface area contributed by atoms with Crippen molar-refractivity contribution in [3.63, 3.8) is 0 Å². The van der Waals surface area contributed by atoms with Gasteiger partial charge in [-0.3, -0.25) is 4.79 Å². The Morgan fingerprint density at radius 3 is 3.00 bits per heavy atom. The normalized spacial score (nSPS) is 34.4. The third-order valence-corrected chi connectivity index (χ3v) is 2.97. The van der Waals surface area contributed by atoms with Crippen LogP contribution in [0.1, 0.15) is 6.42 Å². The van der Waals surface area contributed by atoms with Crippen LogP contribution in [0.5, 0.6) is 0 Å². The second kappa shape index (κ2) is 3.04. The van der Waals surface area contributed by atoms with Gasteiger partial charge in [-0.15, -0.1) is 0 Å². The minimum atomic E-state index is 0.311. The van der Waals surface area contributed by atoms with E-state index in [0.717, 1.165) is 12.7 Å². The van der Waals surface area contributed by atoms with Crippen molar-refractivity contribution in [1.29, 1.82) is 0 Å². The minimum absolute atomic E-state index is 0.311. The summed E-state index contributed by atoms with van der Waals surface area (Å²) in [5, 5.41) is 9.36. The molecule has 0 saturated heterocycles. The van der Waals surface area contributed by atoms with Gasteiger partial charge < -0.3 is 5.11 Å². The Labute approximate surface area is 81.2 Å². The average Bonchev–Trinajstić information content (AvgIpc) is 2.86. The SMILES string of the molecule is O=CC1=C(Cl)/C(=C/O)C2CC2C=C1. The molecule has 2 rings (SSSR count). The van der Waals surface area contributed by atoms with Crippen LogP contribution in [0.4, 0.5) is 0 Å². The van der Waals surface area contributed by atoms with Crippen LogP contribution in [0.2, 0.25) is 0 Å². The lowest BCUT2D eigenvalue weighted by Crippen LogP contribution is -1.91. The highest BCUT2D eigenvalue weighted by atomic mass is 35.5. The van der Waals surface area contributed by atoms with Crippen molar-refractivity contribution >= 4 is 17.9 Å². The van der Waals surface area contributed by atoms with Crippen LogP contribution in [-0.4, -0.2) is 11.4 Å². The summed E-state index contributed by atoms with van der Waals surface area (Å²) in [6.45, 7) is 0. The highest BCUT2D eigenvalue weighted by molar-refractivity contribution is 6.34. The van der Waals surface area contributed by atoms with Gasteiger partial charge >= 0.3 is 0 Å². The Bertz CT molecular complexity index is 339. The van der Waals surface area contributed by atoms with Crippen molar-refractivity contribution in [2.75, 3.05) is 0 Å². The van der Waals surface area contributed by atoms with Crippen molar-refractivity contribution in [3.8, 4) is 0 Å². The third kappa shape index (κ3) is 1.31. The Kier molecular flexibility index (Phi) is 2.00. The minimum Gasteiger partial charge on any atom is -0.515 e. The van der Waals surface area contributed by atoms with Gasteiger partial charge in [0.25, 0.3) is 0 Å². The van der Waals surface area contributed by atoms with Gasteiger partial charge in [-0.25, -0.2) is 0 Å². The van der Waals surface area contributed by atoms with Crippen molar-refractivity contribution in [1.82, 2.24) is 0 Å². The largest absolute Gasteiger partial charge is 0.515 e. The molecule has 2 aliphatic carbocycles. The van der Waals surface area contributed by atoms with E-state index >= 15 is 0 Å². The number of carbonyl (C=O) groups excluding carboxylic acids is 1. The van der Waals surface area contributed by atoms with E-state index in [-0.39, 0.29) is 0 Å². The molecule has 2 unspecified atom stereocenters. The first-order chi connectivity index (χ1) is 6.27. The summed E-state index contributed by atoms with van der Waals surface area (Å²) >= 11 is 5.94. The fraction of sp³-hybridized carbons (Fsp3) is 0.300. The Balaban J connectivity index is 2.44. The number of allylic oxidation sites excluding steroid dienone is 5. The summed E-state index contributed by atoms with van der Waals surface area (Å²) < 4.78 is 0. The van der Waals surface area contributed by atoms with Gasteiger partial charge in [0.15, 0.2) is 6.29 Å². The molecule has 0 radical (unpaired) electrons. The summed E-state index contributed by atoms with van der Waals surface area (Å²) in [5.41, 5.74) is 1.15. The number of hydrogen-bond acceptors (Lipinski definition) is 2. The molecule has 1 saturated carbocycles. The summed E-state index contributed by atoms with van der Waals surface area (Å²) in [5.74, 6) is 0.760. The van der Waals surface area contributed by atoms with E-state index in [1.54, 1.807) is 6.08 Å². The highest BCUT2D eigenvalue weighted by Crippen LogP contribution is 2.50. The molecule has 68 valence electrons. The van der Waals surface area contributed by atoms with E-state index in [1.165, 1.54) is 0 Å². The van der Waals surface area contributed by atoms with Crippen molar-refractivity contribution in [2.45, 2.75) is 6.42 Å². The molecule has 0 spiro atoms. The van der Waals surface area contributed by atoms with Gasteiger partial charge in [0.05, 0.1) is 11.3 Å². The summed E-state index contributed by atoms with van der Waals surface area (Å²) in [4.78, 5) is 10.6. The molecule has 2 aliphatic rings. The molecule has 13 heavy (non-hydrogen) atoms. The van der Waals surface area contributed by atoms with Crippen molar-refractivity contribution in [3.05, 3.63) is 34.6 Å². The first-order valence-electron chi connectivity index (χ1n) is 4.15. The van der Waals surface area contributed by atoms with Gasteiger partial charge in [0.1, 0.15) is 0 Å². The van der Waals surface area contributed by atoms with E-state index in [9.17, 15) is 4.79 Å². The monoisotopic (exact) mass is 196 g/mol. The van der Waals surface area contributed by atoms with E-state index in [2.05, 4.69) is 0 Å². The predicted molar refractivity (Wildman–Crippen MR) is 50.4 cm³/mol. The van der Waals surface area contributed by atoms with Crippen LogP contribution in [0, 0.1) is 11.8 Å². The number of hydrogen-bond donors (Lipinski definition) is 1. The zero-order chi connectivity index (χ0) is 9.42. The lowest BCUT2D eigenvalue weighted by atomic mass is 10.1. The number of rotatable bonds is 1. The topological polar surface area (TPSA) is 37.3 Å². The van der Waals surface area contributed by atoms with E-state index < -0.39 is 0 Å². The van der Waals surface area contributed by atoms with E-state index in [4.69, 9.17) is 16.7 Å². The van der Waals surface area contributed by atoms with Gasteiger partial charge in [-0.05, 0) is 18.3 Å². The fourth-order valence-corrected chi connectivity index (χ4v) is 1.95. The Morgan fingerprint density at radius 2 is 2.38 bits per heavy atom. The van der Waals surface area contributed by atoms with E-state index in [1.807, 2.05) is 6.08 Å². The molecule has 2 nitrogen and oxygen atoms in total. The number of aliphatic hydroxyl groups excluding tert-OH is 1. The molecular formula is C10H9ClO2. The first-order valence-corrected chi connectivity index (χ1v) is 4.53. The quantitative estimate of drug-likeness (QED) is 0.516. The summed E-state index contributed by atoms with van der Waals surface area (Å²) in [6.07, 6.45) is 6.46. The summed E-state index contributed by atoms with van der Waals surface area (Å²) in [6, 6.07) is 0. The smallest absolute Gasteiger partial charge is 0.151 e. The van der Waals surface area contributed by atoms with Crippen LogP contribution in [0.25, 0.3) is 0 Å². The van der Waals surface area contributed by atoms with Crippen LogP contribution in [-0.2, 0) is 4.79 Å². The molecule has 0 aromatic heterocycles. The fourth-order valence-electron chi connectivity index (χ4n) is 1.66. The molecule has 0 aromatic rings. The molecule has 0 aromatic carbocycles. The molecular weight excluding hydrogens is 188 g/mol. The van der Waals surface area contributed by atoms with Crippen LogP contribution in [0.3, 0.4) is 0 Å². The second-order valence-electron chi connectivity index (χ2n) is 3.34. The third-order valence-electron chi connectivity index (χ3n) is 2.54. The number of carbonyl (C=O) groups is 1. The van der Waals surface area contributed by atoms with Crippen molar-refractivity contribution in [2.24, 2.45) is 11.8 Å². The van der Waals surface area contributed by atoms with Gasteiger partial charge in [0, 0.05) is 11.1 Å². The maximum absolute atomic E-state index is 10.6. The number of aldehydes is 1. The van der Waals surface area contributed by atoms with Crippen LogP contribution >= 0.6 is 11.6 Å². The van der Waals surface area contributed by atoms with Crippen LogP contribution < -0.4 is 0 Å². The molecule has 2 atom stereocenters.